The molecule has 206 valence electrons. The molecule has 2 fully saturated rings. The molecule has 1 saturated heterocycles. The first-order valence-corrected chi connectivity index (χ1v) is 13.7. The lowest BCUT2D eigenvalue weighted by Gasteiger charge is -2.37. The van der Waals surface area contributed by atoms with Gasteiger partial charge in [-0.3, -0.25) is 14.7 Å². The SMILES string of the molecule is CCCC1OCc2c(CN3CCN(c4cc5c(cc4F)c(=O)c(C(=O)O)cn5C4CC4)CC3)cnc(C)c2O1. The van der Waals surface area contributed by atoms with Crippen molar-refractivity contribution in [3.05, 3.63) is 63.0 Å². The Labute approximate surface area is 225 Å². The molecule has 10 heteroatoms. The second-order valence-corrected chi connectivity index (χ2v) is 10.7. The molecular formula is C29H33FN4O5. The maximum absolute atomic E-state index is 15.3. The number of hydrogen-bond donors (Lipinski definition) is 1. The third-order valence-electron chi connectivity index (χ3n) is 7.97. The minimum Gasteiger partial charge on any atom is -0.477 e. The van der Waals surface area contributed by atoms with Crippen LogP contribution in [0.5, 0.6) is 5.75 Å². The van der Waals surface area contributed by atoms with Crippen molar-refractivity contribution in [3.63, 3.8) is 0 Å². The van der Waals surface area contributed by atoms with Gasteiger partial charge >= 0.3 is 5.97 Å². The molecule has 3 aromatic rings. The van der Waals surface area contributed by atoms with E-state index in [1.54, 1.807) is 6.07 Å². The molecule has 1 aliphatic carbocycles. The van der Waals surface area contributed by atoms with Crippen LogP contribution in [-0.2, 0) is 17.9 Å². The maximum Gasteiger partial charge on any atom is 0.341 e. The number of halogens is 1. The first-order valence-electron chi connectivity index (χ1n) is 13.7. The van der Waals surface area contributed by atoms with E-state index in [0.29, 0.717) is 37.4 Å². The van der Waals surface area contributed by atoms with Gasteiger partial charge in [-0.15, -0.1) is 0 Å². The highest BCUT2D eigenvalue weighted by atomic mass is 19.1. The molecule has 2 aliphatic heterocycles. The molecule has 9 nitrogen and oxygen atoms in total. The van der Waals surface area contributed by atoms with Crippen molar-refractivity contribution in [2.45, 2.75) is 65.0 Å². The molecule has 3 aliphatic rings. The summed E-state index contributed by atoms with van der Waals surface area (Å²) in [7, 11) is 0. The molecule has 0 bridgehead atoms. The number of pyridine rings is 2. The van der Waals surface area contributed by atoms with Gasteiger partial charge in [0.2, 0.25) is 5.43 Å². The molecule has 6 rings (SSSR count). The van der Waals surface area contributed by atoms with Gasteiger partial charge in [-0.25, -0.2) is 9.18 Å². The molecule has 0 spiro atoms. The summed E-state index contributed by atoms with van der Waals surface area (Å²) in [5, 5.41) is 9.60. The lowest BCUT2D eigenvalue weighted by Crippen LogP contribution is -2.46. The van der Waals surface area contributed by atoms with Crippen LogP contribution >= 0.6 is 0 Å². The van der Waals surface area contributed by atoms with Gasteiger partial charge in [-0.1, -0.05) is 13.3 Å². The number of ether oxygens (including phenoxy) is 2. The van der Waals surface area contributed by atoms with Crippen LogP contribution in [0.15, 0.2) is 29.3 Å². The van der Waals surface area contributed by atoms with Crippen molar-refractivity contribution in [3.8, 4) is 5.75 Å². The predicted molar refractivity (Wildman–Crippen MR) is 144 cm³/mol. The number of aromatic nitrogens is 2. The summed E-state index contributed by atoms with van der Waals surface area (Å²) in [5.41, 5.74) is 3.07. The number of aromatic carboxylic acids is 1. The molecule has 1 aromatic carbocycles. The monoisotopic (exact) mass is 536 g/mol. The van der Waals surface area contributed by atoms with E-state index in [9.17, 15) is 14.7 Å². The number of carboxylic acid groups (broad SMARTS) is 1. The summed E-state index contributed by atoms with van der Waals surface area (Å²) < 4.78 is 29.2. The van der Waals surface area contributed by atoms with Gasteiger partial charge < -0.3 is 24.0 Å². The third-order valence-corrected chi connectivity index (χ3v) is 7.97. The van der Waals surface area contributed by atoms with Crippen LogP contribution in [0.3, 0.4) is 0 Å². The van der Waals surface area contributed by atoms with Crippen LogP contribution in [0.4, 0.5) is 10.1 Å². The Morgan fingerprint density at radius 2 is 1.97 bits per heavy atom. The lowest BCUT2D eigenvalue weighted by atomic mass is 10.1. The lowest BCUT2D eigenvalue weighted by molar-refractivity contribution is -0.112. The Kier molecular flexibility index (Phi) is 6.76. The largest absolute Gasteiger partial charge is 0.477 e. The van der Waals surface area contributed by atoms with Gasteiger partial charge in [-0.05, 0) is 37.5 Å². The number of aryl methyl sites for hydroxylation is 1. The van der Waals surface area contributed by atoms with E-state index < -0.39 is 17.2 Å². The Hall–Kier alpha value is -3.50. The molecule has 1 saturated carbocycles. The summed E-state index contributed by atoms with van der Waals surface area (Å²) in [6, 6.07) is 3.06. The number of piperazine rings is 1. The summed E-state index contributed by atoms with van der Waals surface area (Å²) in [6.45, 7) is 7.97. The average Bonchev–Trinajstić information content (AvgIpc) is 3.77. The van der Waals surface area contributed by atoms with E-state index in [2.05, 4.69) is 16.8 Å². The fraction of sp³-hybridized carbons (Fsp3) is 0.483. The van der Waals surface area contributed by atoms with E-state index >= 15 is 4.39 Å². The fourth-order valence-electron chi connectivity index (χ4n) is 5.64. The van der Waals surface area contributed by atoms with Gasteiger partial charge in [-0.2, -0.15) is 0 Å². The van der Waals surface area contributed by atoms with Gasteiger partial charge in [0.25, 0.3) is 0 Å². The second-order valence-electron chi connectivity index (χ2n) is 10.7. The van der Waals surface area contributed by atoms with Gasteiger partial charge in [0.05, 0.1) is 23.5 Å². The normalized spacial score (nSPS) is 19.7. The van der Waals surface area contributed by atoms with Crippen LogP contribution in [0.25, 0.3) is 10.9 Å². The molecule has 0 radical (unpaired) electrons. The standard InChI is InChI=1S/C29H33FN4O5/c1-3-4-26-38-16-22-18(13-31-17(2)28(22)39-26)14-32-7-9-33(10-8-32)25-12-24-20(11-23(25)30)27(35)21(29(36)37)15-34(24)19-5-6-19/h11-13,15,19,26H,3-10,14,16H2,1-2H3,(H,36,37). The number of carbonyl (C=O) groups is 1. The van der Waals surface area contributed by atoms with Crippen molar-refractivity contribution < 1.29 is 23.8 Å². The number of rotatable bonds is 7. The van der Waals surface area contributed by atoms with Gasteiger partial charge in [0, 0.05) is 68.5 Å². The fourth-order valence-corrected chi connectivity index (χ4v) is 5.64. The number of carboxylic acids is 1. The number of anilines is 1. The van der Waals surface area contributed by atoms with Crippen molar-refractivity contribution >= 4 is 22.6 Å². The highest BCUT2D eigenvalue weighted by Gasteiger charge is 2.29. The topological polar surface area (TPSA) is 97.1 Å². The van der Waals surface area contributed by atoms with Crippen molar-refractivity contribution in [1.29, 1.82) is 0 Å². The maximum atomic E-state index is 15.3. The molecule has 1 N–H and O–H groups in total. The van der Waals surface area contributed by atoms with Gasteiger partial charge in [0.15, 0.2) is 6.29 Å². The number of nitrogens with zero attached hydrogens (tertiary/aromatic N) is 4. The van der Waals surface area contributed by atoms with E-state index in [1.165, 1.54) is 12.3 Å². The third kappa shape index (κ3) is 4.87. The number of hydrogen-bond acceptors (Lipinski definition) is 7. The van der Waals surface area contributed by atoms with E-state index in [4.69, 9.17) is 9.47 Å². The number of benzene rings is 1. The summed E-state index contributed by atoms with van der Waals surface area (Å²) in [4.78, 5) is 33.3. The van der Waals surface area contributed by atoms with E-state index in [0.717, 1.165) is 61.3 Å². The van der Waals surface area contributed by atoms with Crippen molar-refractivity contribution in [1.82, 2.24) is 14.5 Å². The molecule has 1 unspecified atom stereocenters. The van der Waals surface area contributed by atoms with Crippen LogP contribution in [0.1, 0.15) is 65.8 Å². The Morgan fingerprint density at radius 3 is 2.67 bits per heavy atom. The zero-order chi connectivity index (χ0) is 27.3. The highest BCUT2D eigenvalue weighted by molar-refractivity contribution is 5.93. The smallest absolute Gasteiger partial charge is 0.341 e. The van der Waals surface area contributed by atoms with Crippen LogP contribution < -0.4 is 15.1 Å². The molecule has 2 aromatic heterocycles. The summed E-state index contributed by atoms with van der Waals surface area (Å²) in [5.74, 6) is -0.964. The van der Waals surface area contributed by atoms with E-state index in [1.807, 2.05) is 22.6 Å². The minimum atomic E-state index is -1.29. The minimum absolute atomic E-state index is 0.115. The van der Waals surface area contributed by atoms with E-state index in [-0.39, 0.29) is 23.3 Å². The Morgan fingerprint density at radius 1 is 1.21 bits per heavy atom. The van der Waals surface area contributed by atoms with Crippen molar-refractivity contribution in [2.24, 2.45) is 0 Å². The molecule has 1 atom stereocenters. The van der Waals surface area contributed by atoms with Crippen LogP contribution in [0.2, 0.25) is 0 Å². The zero-order valence-corrected chi connectivity index (χ0v) is 22.3. The van der Waals surface area contributed by atoms with Crippen LogP contribution in [0, 0.1) is 12.7 Å². The predicted octanol–water partition coefficient (Wildman–Crippen LogP) is 4.23. The van der Waals surface area contributed by atoms with Gasteiger partial charge in [0.1, 0.15) is 17.1 Å². The molecule has 0 amide bonds. The Bertz CT molecular complexity index is 1490. The highest BCUT2D eigenvalue weighted by Crippen LogP contribution is 2.38. The zero-order valence-electron chi connectivity index (χ0n) is 22.3. The first kappa shape index (κ1) is 25.8. The van der Waals surface area contributed by atoms with Crippen LogP contribution in [-0.4, -0.2) is 58.0 Å². The molecule has 39 heavy (non-hydrogen) atoms. The van der Waals surface area contributed by atoms with Crippen molar-refractivity contribution in [2.75, 3.05) is 31.1 Å². The first-order chi connectivity index (χ1) is 18.8. The molecule has 4 heterocycles. The average molecular weight is 537 g/mol. The summed E-state index contributed by atoms with van der Waals surface area (Å²) >= 11 is 0. The molecular weight excluding hydrogens is 503 g/mol. The number of fused-ring (bicyclic) bond motifs is 2. The quantitative estimate of drug-likeness (QED) is 0.479. The summed E-state index contributed by atoms with van der Waals surface area (Å²) in [6.07, 6.45) is 6.73. The Balaban J connectivity index is 1.21. The second kappa shape index (κ2) is 10.2.